The van der Waals surface area contributed by atoms with Gasteiger partial charge in [0.05, 0.1) is 45.5 Å². The molecule has 8 nitrogen and oxygen atoms in total. The van der Waals surface area contributed by atoms with Crippen molar-refractivity contribution in [1.82, 2.24) is 19.9 Å². The molecule has 10 N–H and O–H groups in total. The van der Waals surface area contributed by atoms with Crippen molar-refractivity contribution in [3.05, 3.63) is 71.3 Å². The summed E-state index contributed by atoms with van der Waals surface area (Å²) in [6.07, 6.45) is 7.77. The van der Waals surface area contributed by atoms with Gasteiger partial charge in [0.2, 0.25) is 0 Å². The molecule has 0 unspecified atom stereocenters. The van der Waals surface area contributed by atoms with Crippen LogP contribution in [0.4, 0.5) is 22.7 Å². The monoisotopic (exact) mass is 446 g/mol. The van der Waals surface area contributed by atoms with Gasteiger partial charge >= 0.3 is 0 Å². The maximum absolute atomic E-state index is 6.42. The second-order valence-electron chi connectivity index (χ2n) is 8.31. The first-order valence-electron chi connectivity index (χ1n) is 10.8. The number of nitrogens with two attached hydrogens (primary N) is 4. The van der Waals surface area contributed by atoms with Crippen LogP contribution in [0.1, 0.15) is 22.8 Å². The molecule has 0 saturated heterocycles. The summed E-state index contributed by atoms with van der Waals surface area (Å²) in [5.41, 5.74) is 34.2. The number of nitrogen functional groups attached to an aromatic ring is 4. The lowest BCUT2D eigenvalue weighted by Gasteiger charge is -2.14. The van der Waals surface area contributed by atoms with Crippen LogP contribution in [0.5, 0.6) is 0 Å². The van der Waals surface area contributed by atoms with Crippen LogP contribution in [0.25, 0.3) is 57.5 Å². The van der Waals surface area contributed by atoms with E-state index in [9.17, 15) is 0 Å². The van der Waals surface area contributed by atoms with Gasteiger partial charge in [-0.2, -0.15) is 0 Å². The van der Waals surface area contributed by atoms with Gasteiger partial charge in [-0.05, 0) is 72.8 Å². The standard InChI is InChI=1S/C26H22N8/c27-20-12-19(24(28)26(30)25(20)29)23-21-7-5-17(33-21)10-15-3-1-13(31-15)9-14-2-4-16(32-14)11-18-6-8-22(23)34-18/h1-12,31-32H,27-30H2. The first-order chi connectivity index (χ1) is 16.4. The van der Waals surface area contributed by atoms with E-state index in [2.05, 4.69) is 16.0 Å². The van der Waals surface area contributed by atoms with Crippen LogP contribution in [0, 0.1) is 0 Å². The number of hydrogen-bond acceptors (Lipinski definition) is 6. The number of benzene rings is 1. The number of H-pyrrole nitrogens is 2. The smallest absolute Gasteiger partial charge is 0.0809 e. The number of rotatable bonds is 1. The Morgan fingerprint density at radius 2 is 1.03 bits per heavy atom. The highest BCUT2D eigenvalue weighted by Crippen LogP contribution is 2.41. The Labute approximate surface area is 194 Å². The van der Waals surface area contributed by atoms with Crippen molar-refractivity contribution < 1.29 is 0 Å². The Hall–Kier alpha value is -4.98. The molecule has 0 fully saturated rings. The Kier molecular flexibility index (Phi) is 4.21. The number of aromatic nitrogens is 4. The summed E-state index contributed by atoms with van der Waals surface area (Å²) in [5.74, 6) is 0. The number of hydrogen-bond donors (Lipinski definition) is 6. The lowest BCUT2D eigenvalue weighted by molar-refractivity contribution is 1.28. The van der Waals surface area contributed by atoms with E-state index < -0.39 is 0 Å². The van der Waals surface area contributed by atoms with E-state index in [4.69, 9.17) is 32.9 Å². The molecule has 166 valence electrons. The van der Waals surface area contributed by atoms with Gasteiger partial charge < -0.3 is 32.9 Å². The third-order valence-electron chi connectivity index (χ3n) is 5.97. The van der Waals surface area contributed by atoms with E-state index in [1.807, 2.05) is 60.7 Å². The van der Waals surface area contributed by atoms with Crippen molar-refractivity contribution in [3.63, 3.8) is 0 Å². The predicted molar refractivity (Wildman–Crippen MR) is 142 cm³/mol. The lowest BCUT2D eigenvalue weighted by Crippen LogP contribution is -2.06. The fourth-order valence-electron chi connectivity index (χ4n) is 4.25. The van der Waals surface area contributed by atoms with Gasteiger partial charge in [-0.3, -0.25) is 0 Å². The van der Waals surface area contributed by atoms with Crippen molar-refractivity contribution in [2.24, 2.45) is 0 Å². The van der Waals surface area contributed by atoms with E-state index >= 15 is 0 Å². The molecule has 0 spiro atoms. The minimum absolute atomic E-state index is 0.250. The van der Waals surface area contributed by atoms with Crippen molar-refractivity contribution in [2.75, 3.05) is 22.9 Å². The van der Waals surface area contributed by atoms with Crippen molar-refractivity contribution in [3.8, 4) is 11.1 Å². The zero-order valence-corrected chi connectivity index (χ0v) is 18.1. The summed E-state index contributed by atoms with van der Waals surface area (Å²) in [5, 5.41) is 0. The van der Waals surface area contributed by atoms with Crippen LogP contribution < -0.4 is 22.9 Å². The number of nitrogens with one attached hydrogen (secondary N) is 2. The van der Waals surface area contributed by atoms with Crippen molar-refractivity contribution >= 4 is 69.1 Å². The highest BCUT2D eigenvalue weighted by atomic mass is 14.8. The predicted octanol–water partition coefficient (Wildman–Crippen LogP) is 4.65. The first-order valence-corrected chi connectivity index (χ1v) is 10.8. The van der Waals surface area contributed by atoms with Crippen LogP contribution in [0.15, 0.2) is 48.5 Å². The minimum Gasteiger partial charge on any atom is -0.397 e. The highest BCUT2D eigenvalue weighted by Gasteiger charge is 2.19. The topological polar surface area (TPSA) is 161 Å². The molecule has 8 heteroatoms. The molecular weight excluding hydrogens is 424 g/mol. The number of nitrogens with zero attached hydrogens (tertiary/aromatic N) is 2. The number of aromatic amines is 2. The molecule has 2 aliphatic heterocycles. The van der Waals surface area contributed by atoms with E-state index in [0.717, 1.165) is 39.0 Å². The third-order valence-corrected chi connectivity index (χ3v) is 5.97. The maximum Gasteiger partial charge on any atom is 0.0809 e. The van der Waals surface area contributed by atoms with Crippen LogP contribution in [-0.4, -0.2) is 19.9 Å². The second-order valence-corrected chi connectivity index (χ2v) is 8.31. The summed E-state index contributed by atoms with van der Waals surface area (Å²) < 4.78 is 0. The lowest BCUT2D eigenvalue weighted by atomic mass is 9.98. The fraction of sp³-hybridized carbons (Fsp3) is 0. The van der Waals surface area contributed by atoms with Crippen LogP contribution in [0.2, 0.25) is 0 Å². The Morgan fingerprint density at radius 3 is 1.56 bits per heavy atom. The zero-order valence-electron chi connectivity index (χ0n) is 18.1. The molecule has 5 heterocycles. The van der Waals surface area contributed by atoms with Gasteiger partial charge in [-0.15, -0.1) is 0 Å². The molecule has 6 rings (SSSR count). The minimum atomic E-state index is 0.250. The zero-order chi connectivity index (χ0) is 23.4. The average Bonchev–Trinajstić information content (AvgIpc) is 3.61. The molecule has 0 radical (unpaired) electrons. The Morgan fingerprint density at radius 1 is 0.529 bits per heavy atom. The number of fused-ring (bicyclic) bond motifs is 8. The first kappa shape index (κ1) is 19.7. The SMILES string of the molecule is Nc1cc(-c2c3nc(cc4ccc(cc5ccc(cc6nc2C=C6)[nH]5)[nH]4)C=C3)c(N)c(N)c1N. The molecule has 3 aromatic heterocycles. The Balaban J connectivity index is 1.74. The highest BCUT2D eigenvalue weighted by molar-refractivity contribution is 6.00. The Bertz CT molecular complexity index is 1610. The van der Waals surface area contributed by atoms with E-state index in [1.165, 1.54) is 0 Å². The second kappa shape index (κ2) is 7.28. The van der Waals surface area contributed by atoms with Gasteiger partial charge in [0.15, 0.2) is 0 Å². The summed E-state index contributed by atoms with van der Waals surface area (Å²) in [6, 6.07) is 15.8. The summed E-state index contributed by atoms with van der Waals surface area (Å²) in [7, 11) is 0. The van der Waals surface area contributed by atoms with Gasteiger partial charge in [0, 0.05) is 33.2 Å². The quantitative estimate of drug-likeness (QED) is 0.201. The van der Waals surface area contributed by atoms with E-state index in [1.54, 1.807) is 6.07 Å². The molecule has 2 aliphatic rings. The normalized spacial score (nSPS) is 12.4. The van der Waals surface area contributed by atoms with Crippen molar-refractivity contribution in [2.45, 2.75) is 0 Å². The molecule has 0 amide bonds. The third kappa shape index (κ3) is 3.25. The molecule has 0 aliphatic carbocycles. The fourth-order valence-corrected chi connectivity index (χ4v) is 4.25. The summed E-state index contributed by atoms with van der Waals surface area (Å²) >= 11 is 0. The molecular formula is C26H22N8. The van der Waals surface area contributed by atoms with Gasteiger partial charge in [0.1, 0.15) is 0 Å². The van der Waals surface area contributed by atoms with E-state index in [0.29, 0.717) is 28.3 Å². The molecule has 8 bridgehead atoms. The molecule has 34 heavy (non-hydrogen) atoms. The molecule has 4 aromatic rings. The van der Waals surface area contributed by atoms with Crippen LogP contribution >= 0.6 is 0 Å². The van der Waals surface area contributed by atoms with Gasteiger partial charge in [-0.1, -0.05) is 0 Å². The van der Waals surface area contributed by atoms with Crippen LogP contribution in [-0.2, 0) is 0 Å². The largest absolute Gasteiger partial charge is 0.397 e. The molecule has 0 atom stereocenters. The number of anilines is 4. The summed E-state index contributed by atoms with van der Waals surface area (Å²) in [4.78, 5) is 16.5. The average molecular weight is 447 g/mol. The van der Waals surface area contributed by atoms with Gasteiger partial charge in [-0.25, -0.2) is 9.97 Å². The summed E-state index contributed by atoms with van der Waals surface area (Å²) in [6.45, 7) is 0. The van der Waals surface area contributed by atoms with Crippen molar-refractivity contribution in [1.29, 1.82) is 0 Å². The van der Waals surface area contributed by atoms with E-state index in [-0.39, 0.29) is 11.4 Å². The van der Waals surface area contributed by atoms with Gasteiger partial charge in [0.25, 0.3) is 0 Å². The molecule has 0 saturated carbocycles. The maximum atomic E-state index is 6.42. The van der Waals surface area contributed by atoms with Crippen LogP contribution in [0.3, 0.4) is 0 Å². The molecule has 1 aromatic carbocycles.